The van der Waals surface area contributed by atoms with Gasteiger partial charge in [-0.1, -0.05) is 6.92 Å². The van der Waals surface area contributed by atoms with Crippen molar-refractivity contribution >= 4 is 23.5 Å². The van der Waals surface area contributed by atoms with Crippen LogP contribution in [-0.2, 0) is 6.42 Å². The molecule has 2 aromatic heterocycles. The highest BCUT2D eigenvalue weighted by Gasteiger charge is 2.04. The van der Waals surface area contributed by atoms with Gasteiger partial charge in [0.25, 0.3) is 0 Å². The summed E-state index contributed by atoms with van der Waals surface area (Å²) < 4.78 is 0. The molecule has 7 heteroatoms. The van der Waals surface area contributed by atoms with Crippen molar-refractivity contribution in [1.82, 2.24) is 19.9 Å². The van der Waals surface area contributed by atoms with E-state index in [1.807, 2.05) is 12.1 Å². The average molecular weight is 293 g/mol. The Balaban J connectivity index is 1.90. The first-order chi connectivity index (χ1) is 9.78. The van der Waals surface area contributed by atoms with Crippen LogP contribution in [0.2, 0.25) is 5.28 Å². The third kappa shape index (κ3) is 4.62. The minimum absolute atomic E-state index is 0.185. The number of hydrogen-bond donors (Lipinski definition) is 2. The summed E-state index contributed by atoms with van der Waals surface area (Å²) in [5.41, 5.74) is 1.21. The Labute approximate surface area is 123 Å². The summed E-state index contributed by atoms with van der Waals surface area (Å²) >= 11 is 5.87. The molecule has 106 valence electrons. The van der Waals surface area contributed by atoms with Gasteiger partial charge in [-0.05, 0) is 42.1 Å². The largest absolute Gasteiger partial charge is 0.354 e. The van der Waals surface area contributed by atoms with E-state index in [0.717, 1.165) is 25.9 Å². The Hall–Kier alpha value is -1.95. The SMILES string of the molecule is CCCNc1nc(Cl)nc(NCCc2ccncc2)n1. The molecule has 0 aromatic carbocycles. The summed E-state index contributed by atoms with van der Waals surface area (Å²) in [5, 5.41) is 6.42. The molecule has 2 aromatic rings. The van der Waals surface area contributed by atoms with E-state index in [9.17, 15) is 0 Å². The Morgan fingerprint density at radius 2 is 1.65 bits per heavy atom. The summed E-state index contributed by atoms with van der Waals surface area (Å²) in [4.78, 5) is 16.3. The Morgan fingerprint density at radius 3 is 2.30 bits per heavy atom. The number of rotatable bonds is 7. The van der Waals surface area contributed by atoms with Crippen LogP contribution in [0.4, 0.5) is 11.9 Å². The number of nitrogens with one attached hydrogen (secondary N) is 2. The smallest absolute Gasteiger partial charge is 0.228 e. The van der Waals surface area contributed by atoms with Crippen LogP contribution in [0.3, 0.4) is 0 Å². The predicted molar refractivity (Wildman–Crippen MR) is 80.0 cm³/mol. The lowest BCUT2D eigenvalue weighted by Gasteiger charge is -2.07. The van der Waals surface area contributed by atoms with Gasteiger partial charge in [-0.25, -0.2) is 0 Å². The zero-order valence-corrected chi connectivity index (χ0v) is 12.1. The Morgan fingerprint density at radius 1 is 1.00 bits per heavy atom. The van der Waals surface area contributed by atoms with Crippen molar-refractivity contribution in [1.29, 1.82) is 0 Å². The molecular weight excluding hydrogens is 276 g/mol. The van der Waals surface area contributed by atoms with Crippen molar-refractivity contribution in [3.63, 3.8) is 0 Å². The van der Waals surface area contributed by atoms with E-state index in [0.29, 0.717) is 11.9 Å². The van der Waals surface area contributed by atoms with Gasteiger partial charge in [-0.2, -0.15) is 15.0 Å². The van der Waals surface area contributed by atoms with Crippen molar-refractivity contribution in [2.45, 2.75) is 19.8 Å². The van der Waals surface area contributed by atoms with Crippen LogP contribution >= 0.6 is 11.6 Å². The maximum atomic E-state index is 5.87. The lowest BCUT2D eigenvalue weighted by atomic mass is 10.2. The first kappa shape index (κ1) is 14.5. The van der Waals surface area contributed by atoms with Crippen molar-refractivity contribution in [3.8, 4) is 0 Å². The maximum Gasteiger partial charge on any atom is 0.228 e. The molecule has 0 radical (unpaired) electrons. The van der Waals surface area contributed by atoms with Crippen LogP contribution in [0.1, 0.15) is 18.9 Å². The zero-order valence-electron chi connectivity index (χ0n) is 11.3. The molecule has 0 spiro atoms. The first-order valence-corrected chi connectivity index (χ1v) is 6.94. The van der Waals surface area contributed by atoms with Gasteiger partial charge < -0.3 is 10.6 Å². The second-order valence-corrected chi connectivity index (χ2v) is 4.55. The molecule has 6 nitrogen and oxygen atoms in total. The highest BCUT2D eigenvalue weighted by Crippen LogP contribution is 2.09. The highest BCUT2D eigenvalue weighted by molar-refractivity contribution is 6.28. The van der Waals surface area contributed by atoms with Crippen LogP contribution in [-0.4, -0.2) is 33.0 Å². The van der Waals surface area contributed by atoms with Crippen LogP contribution in [0.15, 0.2) is 24.5 Å². The second kappa shape index (κ2) is 7.59. The molecule has 0 aliphatic rings. The van der Waals surface area contributed by atoms with E-state index in [2.05, 4.69) is 37.5 Å². The third-order valence-corrected chi connectivity index (χ3v) is 2.76. The summed E-state index contributed by atoms with van der Waals surface area (Å²) in [6.07, 6.45) is 5.42. The van der Waals surface area contributed by atoms with Crippen molar-refractivity contribution in [2.24, 2.45) is 0 Å². The van der Waals surface area contributed by atoms with E-state index in [1.165, 1.54) is 5.56 Å². The van der Waals surface area contributed by atoms with Gasteiger partial charge in [0.05, 0.1) is 0 Å². The topological polar surface area (TPSA) is 75.6 Å². The zero-order chi connectivity index (χ0) is 14.2. The first-order valence-electron chi connectivity index (χ1n) is 6.56. The predicted octanol–water partition coefficient (Wildman–Crippen LogP) is 2.40. The molecule has 0 saturated carbocycles. The molecule has 0 aliphatic heterocycles. The Bertz CT molecular complexity index is 534. The van der Waals surface area contributed by atoms with Crippen molar-refractivity contribution in [3.05, 3.63) is 35.4 Å². The van der Waals surface area contributed by atoms with E-state index in [-0.39, 0.29) is 5.28 Å². The maximum absolute atomic E-state index is 5.87. The molecule has 0 fully saturated rings. The van der Waals surface area contributed by atoms with E-state index >= 15 is 0 Å². The lowest BCUT2D eigenvalue weighted by Crippen LogP contribution is -2.11. The van der Waals surface area contributed by atoms with Crippen LogP contribution in [0.25, 0.3) is 0 Å². The molecule has 2 rings (SSSR count). The average Bonchev–Trinajstić information content (AvgIpc) is 2.46. The molecule has 20 heavy (non-hydrogen) atoms. The summed E-state index contributed by atoms with van der Waals surface area (Å²) in [7, 11) is 0. The van der Waals surface area contributed by atoms with Gasteiger partial charge in [-0.3, -0.25) is 4.98 Å². The fourth-order valence-electron chi connectivity index (χ4n) is 1.61. The number of nitrogens with zero attached hydrogens (tertiary/aromatic N) is 4. The number of aromatic nitrogens is 4. The fraction of sp³-hybridized carbons (Fsp3) is 0.385. The fourth-order valence-corrected chi connectivity index (χ4v) is 1.77. The van der Waals surface area contributed by atoms with E-state index in [4.69, 9.17) is 11.6 Å². The molecule has 0 amide bonds. The molecule has 0 atom stereocenters. The summed E-state index contributed by atoms with van der Waals surface area (Å²) in [6.45, 7) is 3.60. The van der Waals surface area contributed by atoms with Crippen molar-refractivity contribution in [2.75, 3.05) is 23.7 Å². The minimum Gasteiger partial charge on any atom is -0.354 e. The van der Waals surface area contributed by atoms with Gasteiger partial charge in [0, 0.05) is 25.5 Å². The van der Waals surface area contributed by atoms with Crippen molar-refractivity contribution < 1.29 is 0 Å². The molecule has 0 saturated heterocycles. The van der Waals surface area contributed by atoms with Crippen LogP contribution in [0.5, 0.6) is 0 Å². The van der Waals surface area contributed by atoms with Gasteiger partial charge in [0.15, 0.2) is 0 Å². The molecule has 2 N–H and O–H groups in total. The summed E-state index contributed by atoms with van der Waals surface area (Å²) in [6, 6.07) is 3.96. The van der Waals surface area contributed by atoms with Gasteiger partial charge in [0.1, 0.15) is 0 Å². The van der Waals surface area contributed by atoms with Gasteiger partial charge in [0.2, 0.25) is 17.2 Å². The number of hydrogen-bond acceptors (Lipinski definition) is 6. The molecule has 0 bridgehead atoms. The van der Waals surface area contributed by atoms with Crippen LogP contribution in [0, 0.1) is 0 Å². The normalized spacial score (nSPS) is 10.3. The quantitative estimate of drug-likeness (QED) is 0.816. The van der Waals surface area contributed by atoms with Gasteiger partial charge >= 0.3 is 0 Å². The standard InChI is InChI=1S/C13H17ClN6/c1-2-6-16-12-18-11(14)19-13(20-12)17-9-5-10-3-7-15-8-4-10/h3-4,7-8H,2,5-6,9H2,1H3,(H2,16,17,18,19,20). The Kier molecular flexibility index (Phi) is 5.49. The second-order valence-electron chi connectivity index (χ2n) is 4.21. The summed E-state index contributed by atoms with van der Waals surface area (Å²) in [5.74, 6) is 0.982. The lowest BCUT2D eigenvalue weighted by molar-refractivity contribution is 0.925. The number of anilines is 2. The minimum atomic E-state index is 0.185. The number of pyridine rings is 1. The monoisotopic (exact) mass is 292 g/mol. The molecule has 0 aliphatic carbocycles. The third-order valence-electron chi connectivity index (χ3n) is 2.59. The van der Waals surface area contributed by atoms with E-state index < -0.39 is 0 Å². The van der Waals surface area contributed by atoms with E-state index in [1.54, 1.807) is 12.4 Å². The molecule has 0 unspecified atom stereocenters. The molecule has 2 heterocycles. The number of halogens is 1. The van der Waals surface area contributed by atoms with Crippen LogP contribution < -0.4 is 10.6 Å². The van der Waals surface area contributed by atoms with Gasteiger partial charge in [-0.15, -0.1) is 0 Å². The highest BCUT2D eigenvalue weighted by atomic mass is 35.5. The molecular formula is C13H17ClN6.